The number of amides is 3. The minimum Gasteiger partial charge on any atom is -0.486 e. The Hall–Kier alpha value is -2.44. The van der Waals surface area contributed by atoms with Gasteiger partial charge in [0.05, 0.1) is 6.42 Å². The Balaban J connectivity index is 1.54. The number of urea groups is 1. The maximum Gasteiger partial charge on any atom is 0.317 e. The van der Waals surface area contributed by atoms with Crippen molar-refractivity contribution in [3.8, 4) is 11.5 Å². The van der Waals surface area contributed by atoms with E-state index in [1.165, 1.54) is 0 Å². The van der Waals surface area contributed by atoms with Crippen LogP contribution >= 0.6 is 0 Å². The van der Waals surface area contributed by atoms with E-state index in [1.807, 2.05) is 30.0 Å². The van der Waals surface area contributed by atoms with Crippen LogP contribution in [-0.2, 0) is 11.2 Å². The molecule has 2 aliphatic heterocycles. The highest BCUT2D eigenvalue weighted by atomic mass is 16.6. The first-order valence-electron chi connectivity index (χ1n) is 9.36. The third-order valence-corrected chi connectivity index (χ3v) is 4.62. The van der Waals surface area contributed by atoms with Gasteiger partial charge in [-0.05, 0) is 30.5 Å². The largest absolute Gasteiger partial charge is 0.486 e. The zero-order valence-electron chi connectivity index (χ0n) is 15.3. The van der Waals surface area contributed by atoms with Gasteiger partial charge in [-0.3, -0.25) is 4.79 Å². The van der Waals surface area contributed by atoms with Crippen LogP contribution in [0.2, 0.25) is 0 Å². The molecule has 26 heavy (non-hydrogen) atoms. The number of fused-ring (bicyclic) bond motifs is 1. The number of nitrogens with zero attached hydrogens (tertiary/aromatic N) is 2. The molecule has 0 aromatic heterocycles. The summed E-state index contributed by atoms with van der Waals surface area (Å²) in [4.78, 5) is 28.4. The molecule has 1 saturated heterocycles. The molecule has 7 nitrogen and oxygen atoms in total. The van der Waals surface area contributed by atoms with Crippen molar-refractivity contribution in [1.82, 2.24) is 15.1 Å². The Labute approximate surface area is 154 Å². The number of benzene rings is 1. The zero-order valence-corrected chi connectivity index (χ0v) is 15.3. The summed E-state index contributed by atoms with van der Waals surface area (Å²) in [6, 6.07) is 5.62. The lowest BCUT2D eigenvalue weighted by Crippen LogP contribution is -2.43. The first-order valence-corrected chi connectivity index (χ1v) is 9.36. The van der Waals surface area contributed by atoms with Gasteiger partial charge in [-0.2, -0.15) is 0 Å². The van der Waals surface area contributed by atoms with Gasteiger partial charge < -0.3 is 24.6 Å². The predicted molar refractivity (Wildman–Crippen MR) is 97.6 cm³/mol. The lowest BCUT2D eigenvalue weighted by Gasteiger charge is -2.23. The van der Waals surface area contributed by atoms with Crippen LogP contribution in [0.25, 0.3) is 0 Å². The summed E-state index contributed by atoms with van der Waals surface area (Å²) in [7, 11) is 0. The molecule has 1 N–H and O–H groups in total. The molecule has 0 saturated carbocycles. The summed E-state index contributed by atoms with van der Waals surface area (Å²) >= 11 is 0. The van der Waals surface area contributed by atoms with E-state index in [4.69, 9.17) is 9.47 Å². The average Bonchev–Trinajstić information content (AvgIpc) is 2.92. The van der Waals surface area contributed by atoms with Crippen LogP contribution < -0.4 is 14.8 Å². The average molecular weight is 361 g/mol. The fourth-order valence-electron chi connectivity index (χ4n) is 3.20. The zero-order chi connectivity index (χ0) is 18.4. The van der Waals surface area contributed by atoms with Crippen LogP contribution in [0.4, 0.5) is 4.79 Å². The molecular formula is C19H27N3O4. The molecule has 1 aromatic rings. The molecule has 0 atom stereocenters. The Morgan fingerprint density at radius 3 is 2.58 bits per heavy atom. The highest BCUT2D eigenvalue weighted by Crippen LogP contribution is 2.31. The van der Waals surface area contributed by atoms with E-state index < -0.39 is 0 Å². The number of hydrogen-bond donors (Lipinski definition) is 1. The normalized spacial score (nSPS) is 16.8. The fourth-order valence-corrected chi connectivity index (χ4v) is 3.20. The SMILES string of the molecule is CCCNC(=O)N1CCCN(C(=O)Cc2ccc3c(c2)OCCO3)CC1. The number of nitrogens with one attached hydrogen (secondary N) is 1. The molecule has 0 aliphatic carbocycles. The van der Waals surface area contributed by atoms with E-state index in [-0.39, 0.29) is 11.9 Å². The summed E-state index contributed by atoms with van der Waals surface area (Å²) in [5.41, 5.74) is 0.918. The molecular weight excluding hydrogens is 334 g/mol. The Kier molecular flexibility index (Phi) is 6.20. The van der Waals surface area contributed by atoms with Crippen LogP contribution in [0, 0.1) is 0 Å². The van der Waals surface area contributed by atoms with E-state index in [0.29, 0.717) is 58.1 Å². The first-order chi connectivity index (χ1) is 12.7. The lowest BCUT2D eigenvalue weighted by molar-refractivity contribution is -0.130. The van der Waals surface area contributed by atoms with E-state index in [9.17, 15) is 9.59 Å². The van der Waals surface area contributed by atoms with E-state index in [0.717, 1.165) is 24.2 Å². The molecule has 142 valence electrons. The molecule has 0 spiro atoms. The highest BCUT2D eigenvalue weighted by molar-refractivity contribution is 5.79. The van der Waals surface area contributed by atoms with E-state index >= 15 is 0 Å². The summed E-state index contributed by atoms with van der Waals surface area (Å²) in [5.74, 6) is 1.52. The Morgan fingerprint density at radius 1 is 1.04 bits per heavy atom. The van der Waals surface area contributed by atoms with Gasteiger partial charge >= 0.3 is 6.03 Å². The van der Waals surface area contributed by atoms with Crippen LogP contribution in [0.5, 0.6) is 11.5 Å². The van der Waals surface area contributed by atoms with Gasteiger partial charge in [0.2, 0.25) is 5.91 Å². The molecule has 0 bridgehead atoms. The van der Waals surface area contributed by atoms with Crippen LogP contribution in [0.3, 0.4) is 0 Å². The van der Waals surface area contributed by atoms with Crippen molar-refractivity contribution in [2.24, 2.45) is 0 Å². The Morgan fingerprint density at radius 2 is 1.77 bits per heavy atom. The lowest BCUT2D eigenvalue weighted by atomic mass is 10.1. The minimum atomic E-state index is -0.0343. The number of ether oxygens (including phenoxy) is 2. The Bertz CT molecular complexity index is 650. The molecule has 7 heteroatoms. The summed E-state index contributed by atoms with van der Waals surface area (Å²) in [6.07, 6.45) is 2.05. The van der Waals surface area contributed by atoms with Crippen LogP contribution in [-0.4, -0.2) is 67.7 Å². The molecule has 1 aromatic carbocycles. The number of hydrogen-bond acceptors (Lipinski definition) is 4. The standard InChI is InChI=1S/C19H27N3O4/c1-2-6-20-19(24)22-8-3-7-21(9-10-22)18(23)14-15-4-5-16-17(13-15)26-12-11-25-16/h4-5,13H,2-3,6-12,14H2,1H3,(H,20,24). The molecule has 3 amide bonds. The summed E-state index contributed by atoms with van der Waals surface area (Å²) in [6.45, 7) is 6.31. The molecule has 2 heterocycles. The van der Waals surface area contributed by atoms with Gasteiger partial charge in [0, 0.05) is 32.7 Å². The van der Waals surface area contributed by atoms with Gasteiger partial charge in [-0.15, -0.1) is 0 Å². The third kappa shape index (κ3) is 4.59. The minimum absolute atomic E-state index is 0.0343. The fraction of sp³-hybridized carbons (Fsp3) is 0.579. The van der Waals surface area contributed by atoms with Crippen molar-refractivity contribution in [2.45, 2.75) is 26.2 Å². The van der Waals surface area contributed by atoms with Crippen molar-refractivity contribution in [3.05, 3.63) is 23.8 Å². The van der Waals surface area contributed by atoms with Crippen LogP contribution in [0.1, 0.15) is 25.3 Å². The van der Waals surface area contributed by atoms with Crippen molar-refractivity contribution in [2.75, 3.05) is 45.9 Å². The smallest absolute Gasteiger partial charge is 0.317 e. The van der Waals surface area contributed by atoms with Gasteiger partial charge in [0.25, 0.3) is 0 Å². The van der Waals surface area contributed by atoms with Crippen LogP contribution in [0.15, 0.2) is 18.2 Å². The van der Waals surface area contributed by atoms with Crippen molar-refractivity contribution >= 4 is 11.9 Å². The van der Waals surface area contributed by atoms with Gasteiger partial charge in [-0.1, -0.05) is 13.0 Å². The number of carbonyl (C=O) groups is 2. The van der Waals surface area contributed by atoms with Gasteiger partial charge in [-0.25, -0.2) is 4.79 Å². The molecule has 1 fully saturated rings. The maximum atomic E-state index is 12.7. The molecule has 0 unspecified atom stereocenters. The molecule has 2 aliphatic rings. The monoisotopic (exact) mass is 361 g/mol. The number of carbonyl (C=O) groups excluding carboxylic acids is 2. The van der Waals surface area contributed by atoms with Crippen molar-refractivity contribution < 1.29 is 19.1 Å². The highest BCUT2D eigenvalue weighted by Gasteiger charge is 2.22. The molecule has 3 rings (SSSR count). The molecule has 0 radical (unpaired) electrons. The van der Waals surface area contributed by atoms with Gasteiger partial charge in [0.1, 0.15) is 13.2 Å². The van der Waals surface area contributed by atoms with Crippen molar-refractivity contribution in [1.29, 1.82) is 0 Å². The topological polar surface area (TPSA) is 71.1 Å². The van der Waals surface area contributed by atoms with E-state index in [2.05, 4.69) is 5.32 Å². The second kappa shape index (κ2) is 8.78. The van der Waals surface area contributed by atoms with E-state index in [1.54, 1.807) is 4.90 Å². The first kappa shape index (κ1) is 18.4. The summed E-state index contributed by atoms with van der Waals surface area (Å²) in [5, 5.41) is 2.90. The van der Waals surface area contributed by atoms with Crippen molar-refractivity contribution in [3.63, 3.8) is 0 Å². The summed E-state index contributed by atoms with van der Waals surface area (Å²) < 4.78 is 11.1. The quantitative estimate of drug-likeness (QED) is 0.885. The maximum absolute atomic E-state index is 12.7. The second-order valence-corrected chi connectivity index (χ2v) is 6.61. The van der Waals surface area contributed by atoms with Gasteiger partial charge in [0.15, 0.2) is 11.5 Å². The second-order valence-electron chi connectivity index (χ2n) is 6.61. The predicted octanol–water partition coefficient (Wildman–Crippen LogP) is 1.65. The number of rotatable bonds is 4. The third-order valence-electron chi connectivity index (χ3n) is 4.62.